The van der Waals surface area contributed by atoms with E-state index < -0.39 is 6.61 Å². The predicted molar refractivity (Wildman–Crippen MR) is 101 cm³/mol. The maximum Gasteiger partial charge on any atom is 0.387 e. The van der Waals surface area contributed by atoms with E-state index in [1.807, 2.05) is 12.2 Å². The van der Waals surface area contributed by atoms with Gasteiger partial charge in [0.25, 0.3) is 0 Å². The molecule has 2 fully saturated rings. The first-order chi connectivity index (χ1) is 14.3. The van der Waals surface area contributed by atoms with Gasteiger partial charge in [-0.25, -0.2) is 0 Å². The van der Waals surface area contributed by atoms with Gasteiger partial charge in [-0.05, 0) is 36.0 Å². The second kappa shape index (κ2) is 7.70. The van der Waals surface area contributed by atoms with Crippen molar-refractivity contribution in [2.75, 3.05) is 20.7 Å². The fraction of sp³-hybridized carbons (Fsp3) is 0.476. The Morgan fingerprint density at radius 1 is 1.17 bits per heavy atom. The number of amides is 3. The molecule has 1 aromatic rings. The van der Waals surface area contributed by atoms with Crippen LogP contribution in [0, 0.1) is 23.7 Å². The molecule has 1 saturated carbocycles. The molecule has 4 atom stereocenters. The van der Waals surface area contributed by atoms with Crippen molar-refractivity contribution in [2.45, 2.75) is 19.6 Å². The molecular weight excluding hydrogens is 398 g/mol. The summed E-state index contributed by atoms with van der Waals surface area (Å²) in [5, 5.41) is 0. The summed E-state index contributed by atoms with van der Waals surface area (Å²) in [6.07, 6.45) is 4.84. The number of halogens is 2. The average Bonchev–Trinajstić information content (AvgIpc) is 3.38. The van der Waals surface area contributed by atoms with Crippen LogP contribution in [0.15, 0.2) is 30.4 Å². The summed E-state index contributed by atoms with van der Waals surface area (Å²) < 4.78 is 34.4. The maximum absolute atomic E-state index is 12.7. The third kappa shape index (κ3) is 3.42. The smallest absolute Gasteiger partial charge is 0.387 e. The van der Waals surface area contributed by atoms with Crippen molar-refractivity contribution in [1.29, 1.82) is 0 Å². The highest BCUT2D eigenvalue weighted by molar-refractivity contribution is 6.08. The molecule has 1 heterocycles. The van der Waals surface area contributed by atoms with Gasteiger partial charge in [-0.3, -0.25) is 19.3 Å². The van der Waals surface area contributed by atoms with Crippen molar-refractivity contribution >= 4 is 17.7 Å². The van der Waals surface area contributed by atoms with Gasteiger partial charge in [0.1, 0.15) is 6.54 Å². The highest BCUT2D eigenvalue weighted by Gasteiger charge is 2.59. The van der Waals surface area contributed by atoms with Gasteiger partial charge in [-0.2, -0.15) is 8.78 Å². The van der Waals surface area contributed by atoms with E-state index in [4.69, 9.17) is 4.74 Å². The minimum Gasteiger partial charge on any atom is -0.493 e. The molecule has 7 nitrogen and oxygen atoms in total. The second-order valence-electron chi connectivity index (χ2n) is 7.88. The summed E-state index contributed by atoms with van der Waals surface area (Å²) in [7, 11) is 2.88. The lowest BCUT2D eigenvalue weighted by molar-refractivity contribution is -0.146. The molecule has 1 aliphatic heterocycles. The van der Waals surface area contributed by atoms with E-state index in [-0.39, 0.29) is 66.0 Å². The molecule has 3 amide bonds. The highest BCUT2D eigenvalue weighted by atomic mass is 19.3. The monoisotopic (exact) mass is 420 g/mol. The minimum absolute atomic E-state index is 0.0933. The molecule has 160 valence electrons. The first-order valence-corrected chi connectivity index (χ1v) is 9.69. The molecule has 2 bridgehead atoms. The molecule has 1 aromatic carbocycles. The Hall–Kier alpha value is -2.97. The number of benzene rings is 1. The maximum atomic E-state index is 12.7. The van der Waals surface area contributed by atoms with Crippen molar-refractivity contribution in [1.82, 2.24) is 9.80 Å². The molecule has 0 unspecified atom stereocenters. The summed E-state index contributed by atoms with van der Waals surface area (Å²) in [4.78, 5) is 40.6. The van der Waals surface area contributed by atoms with E-state index in [2.05, 4.69) is 4.74 Å². The van der Waals surface area contributed by atoms with Crippen LogP contribution in [-0.4, -0.2) is 54.8 Å². The zero-order valence-electron chi connectivity index (χ0n) is 16.6. The minimum atomic E-state index is -2.98. The van der Waals surface area contributed by atoms with Crippen molar-refractivity contribution in [3.63, 3.8) is 0 Å². The molecule has 4 rings (SSSR count). The zero-order chi connectivity index (χ0) is 21.6. The van der Waals surface area contributed by atoms with Crippen LogP contribution in [0.3, 0.4) is 0 Å². The number of carbonyl (C=O) groups is 3. The zero-order valence-corrected chi connectivity index (χ0v) is 16.6. The van der Waals surface area contributed by atoms with Crippen LogP contribution >= 0.6 is 0 Å². The molecule has 1 saturated heterocycles. The van der Waals surface area contributed by atoms with E-state index >= 15 is 0 Å². The number of hydrogen-bond donors (Lipinski definition) is 0. The molecule has 0 aromatic heterocycles. The third-order valence-corrected chi connectivity index (χ3v) is 6.14. The molecule has 0 spiro atoms. The number of rotatable bonds is 7. The molecular formula is C21H22F2N2O5. The van der Waals surface area contributed by atoms with E-state index in [0.29, 0.717) is 5.56 Å². The fourth-order valence-electron chi connectivity index (χ4n) is 4.74. The summed E-state index contributed by atoms with van der Waals surface area (Å²) in [5.41, 5.74) is 0.627. The average molecular weight is 420 g/mol. The molecule has 30 heavy (non-hydrogen) atoms. The standard InChI is InChI=1S/C21H22F2N2O5/c1-24(9-11-3-6-14(30-21(22)23)15(7-11)29-2)16(26)10-25-19(27)17-12-4-5-13(8-12)18(17)20(25)28/h3-7,12-13,17-18,21H,8-10H2,1-2H3/t12-,13-,17+,18+/m0/s1. The fourth-order valence-corrected chi connectivity index (χ4v) is 4.74. The number of likely N-dealkylation sites (N-methyl/N-ethyl adjacent to an activating group) is 1. The van der Waals surface area contributed by atoms with Gasteiger partial charge in [-0.1, -0.05) is 18.2 Å². The number of likely N-dealkylation sites (tertiary alicyclic amines) is 1. The largest absolute Gasteiger partial charge is 0.493 e. The number of carbonyl (C=O) groups excluding carboxylic acids is 3. The Balaban J connectivity index is 1.40. The van der Waals surface area contributed by atoms with Gasteiger partial charge in [-0.15, -0.1) is 0 Å². The van der Waals surface area contributed by atoms with Crippen LogP contribution in [0.1, 0.15) is 12.0 Å². The summed E-state index contributed by atoms with van der Waals surface area (Å²) >= 11 is 0. The number of fused-ring (bicyclic) bond motifs is 5. The highest BCUT2D eigenvalue weighted by Crippen LogP contribution is 2.52. The van der Waals surface area contributed by atoms with Gasteiger partial charge in [0.15, 0.2) is 11.5 Å². The van der Waals surface area contributed by atoms with Crippen LogP contribution in [0.25, 0.3) is 0 Å². The molecule has 0 N–H and O–H groups in total. The number of allylic oxidation sites excluding steroid dienone is 2. The molecule has 3 aliphatic rings. The molecule has 9 heteroatoms. The molecule has 2 aliphatic carbocycles. The Labute approximate surface area is 172 Å². The Bertz CT molecular complexity index is 889. The summed E-state index contributed by atoms with van der Waals surface area (Å²) in [6.45, 7) is -3.13. The number of imide groups is 1. The normalized spacial score (nSPS) is 26.5. The van der Waals surface area contributed by atoms with Crippen molar-refractivity contribution in [3.8, 4) is 11.5 Å². The first kappa shape index (κ1) is 20.3. The number of nitrogens with zero attached hydrogens (tertiary/aromatic N) is 2. The van der Waals surface area contributed by atoms with Gasteiger partial charge in [0.05, 0.1) is 18.9 Å². The number of hydrogen-bond acceptors (Lipinski definition) is 5. The van der Waals surface area contributed by atoms with Crippen LogP contribution in [-0.2, 0) is 20.9 Å². The van der Waals surface area contributed by atoms with Crippen molar-refractivity contribution in [2.24, 2.45) is 23.7 Å². The number of ether oxygens (including phenoxy) is 2. The van der Waals surface area contributed by atoms with Crippen molar-refractivity contribution in [3.05, 3.63) is 35.9 Å². The predicted octanol–water partition coefficient (Wildman–Crippen LogP) is 2.06. The topological polar surface area (TPSA) is 76.2 Å². The molecule has 0 radical (unpaired) electrons. The lowest BCUT2D eigenvalue weighted by Gasteiger charge is -2.22. The first-order valence-electron chi connectivity index (χ1n) is 9.69. The van der Waals surface area contributed by atoms with E-state index in [1.54, 1.807) is 13.1 Å². The third-order valence-electron chi connectivity index (χ3n) is 6.14. The Morgan fingerprint density at radius 2 is 1.80 bits per heavy atom. The SMILES string of the molecule is COc1cc(CN(C)C(=O)CN2C(=O)[C@H]3[C@H](C2=O)[C@H]2C=C[C@H]3C2)ccc1OC(F)F. The summed E-state index contributed by atoms with van der Waals surface area (Å²) in [5.74, 6) is -1.38. The van der Waals surface area contributed by atoms with Crippen LogP contribution in [0.2, 0.25) is 0 Å². The summed E-state index contributed by atoms with van der Waals surface area (Å²) in [6, 6.07) is 4.39. The van der Waals surface area contributed by atoms with Gasteiger partial charge < -0.3 is 14.4 Å². The Kier molecular flexibility index (Phi) is 5.21. The Morgan fingerprint density at radius 3 is 2.37 bits per heavy atom. The van der Waals surface area contributed by atoms with Crippen molar-refractivity contribution < 1.29 is 32.6 Å². The van der Waals surface area contributed by atoms with Gasteiger partial charge >= 0.3 is 6.61 Å². The van der Waals surface area contributed by atoms with E-state index in [1.165, 1.54) is 24.1 Å². The lowest BCUT2D eigenvalue weighted by Crippen LogP contribution is -2.42. The number of methoxy groups -OCH3 is 1. The van der Waals surface area contributed by atoms with E-state index in [0.717, 1.165) is 11.3 Å². The van der Waals surface area contributed by atoms with Crippen LogP contribution in [0.4, 0.5) is 8.78 Å². The number of alkyl halides is 2. The lowest BCUT2D eigenvalue weighted by atomic mass is 9.85. The van der Waals surface area contributed by atoms with Gasteiger partial charge in [0, 0.05) is 13.6 Å². The van der Waals surface area contributed by atoms with E-state index in [9.17, 15) is 23.2 Å². The second-order valence-corrected chi connectivity index (χ2v) is 7.88. The van der Waals surface area contributed by atoms with Gasteiger partial charge in [0.2, 0.25) is 17.7 Å². The van der Waals surface area contributed by atoms with Crippen LogP contribution in [0.5, 0.6) is 11.5 Å². The quantitative estimate of drug-likeness (QED) is 0.499. The van der Waals surface area contributed by atoms with Crippen LogP contribution < -0.4 is 9.47 Å².